The summed E-state index contributed by atoms with van der Waals surface area (Å²) >= 11 is 0. The summed E-state index contributed by atoms with van der Waals surface area (Å²) in [6.07, 6.45) is 5.41. The first-order chi connectivity index (χ1) is 6.15. The fourth-order valence-corrected chi connectivity index (χ4v) is 1.63. The first kappa shape index (κ1) is 10.3. The van der Waals surface area contributed by atoms with Crippen LogP contribution in [0.1, 0.15) is 40.0 Å². The highest BCUT2D eigenvalue weighted by molar-refractivity contribution is 5.88. The summed E-state index contributed by atoms with van der Waals surface area (Å²) in [6.45, 7) is 6.07. The molecule has 0 aromatic carbocycles. The molecule has 0 N–H and O–H groups in total. The van der Waals surface area contributed by atoms with E-state index in [9.17, 15) is 4.79 Å². The fraction of sp³-hybridized carbons (Fsp3) is 0.727. The maximum atomic E-state index is 11.2. The fourth-order valence-electron chi connectivity index (χ4n) is 1.63. The van der Waals surface area contributed by atoms with Crippen LogP contribution in [0.3, 0.4) is 0 Å². The first-order valence-electron chi connectivity index (χ1n) is 5.04. The minimum Gasteiger partial charge on any atom is -0.458 e. The number of esters is 1. The molecule has 2 heteroatoms. The molecule has 0 bridgehead atoms. The van der Waals surface area contributed by atoms with Crippen molar-refractivity contribution in [1.29, 1.82) is 0 Å². The number of carbonyl (C=O) groups excluding carboxylic acids is 1. The van der Waals surface area contributed by atoms with Gasteiger partial charge in [0.1, 0.15) is 6.10 Å². The number of cyclic esters (lactones) is 1. The van der Waals surface area contributed by atoms with Crippen LogP contribution >= 0.6 is 0 Å². The predicted molar refractivity (Wildman–Crippen MR) is 52.3 cm³/mol. The highest BCUT2D eigenvalue weighted by Gasteiger charge is 2.25. The topological polar surface area (TPSA) is 26.3 Å². The molecule has 0 aromatic rings. The smallest absolute Gasteiger partial charge is 0.333 e. The minimum atomic E-state index is -0.140. The third-order valence-corrected chi connectivity index (χ3v) is 2.52. The summed E-state index contributed by atoms with van der Waals surface area (Å²) in [5.41, 5.74) is 0.750. The standard InChI is InChI=1S/C11H18O2/c1-4-5-6-10-8(2)7-9(3)11(12)13-10/h7-8,10H,4-6H2,1-3H3/t8-,10+/m1/s1. The van der Waals surface area contributed by atoms with E-state index >= 15 is 0 Å². The Morgan fingerprint density at radius 2 is 2.23 bits per heavy atom. The average Bonchev–Trinajstić information content (AvgIpc) is 2.09. The van der Waals surface area contributed by atoms with Crippen LogP contribution in [-0.4, -0.2) is 12.1 Å². The molecule has 0 saturated heterocycles. The molecule has 0 spiro atoms. The molecule has 0 unspecified atom stereocenters. The van der Waals surface area contributed by atoms with Crippen LogP contribution < -0.4 is 0 Å². The summed E-state index contributed by atoms with van der Waals surface area (Å²) in [5, 5.41) is 0. The summed E-state index contributed by atoms with van der Waals surface area (Å²) in [4.78, 5) is 11.2. The van der Waals surface area contributed by atoms with Crippen molar-refractivity contribution < 1.29 is 9.53 Å². The molecule has 1 heterocycles. The van der Waals surface area contributed by atoms with Crippen LogP contribution in [0.15, 0.2) is 11.6 Å². The summed E-state index contributed by atoms with van der Waals surface area (Å²) in [5.74, 6) is 0.239. The van der Waals surface area contributed by atoms with Crippen molar-refractivity contribution in [1.82, 2.24) is 0 Å². The summed E-state index contributed by atoms with van der Waals surface area (Å²) in [7, 11) is 0. The van der Waals surface area contributed by atoms with E-state index < -0.39 is 0 Å². The van der Waals surface area contributed by atoms with Gasteiger partial charge in [-0.15, -0.1) is 0 Å². The number of ether oxygens (including phenoxy) is 1. The van der Waals surface area contributed by atoms with Crippen LogP contribution in [0.5, 0.6) is 0 Å². The van der Waals surface area contributed by atoms with Gasteiger partial charge in [0.15, 0.2) is 0 Å². The minimum absolute atomic E-state index is 0.108. The third kappa shape index (κ3) is 2.58. The quantitative estimate of drug-likeness (QED) is 0.627. The van der Waals surface area contributed by atoms with Crippen LogP contribution in [0, 0.1) is 5.92 Å². The molecule has 1 aliphatic heterocycles. The second-order valence-electron chi connectivity index (χ2n) is 3.79. The highest BCUT2D eigenvalue weighted by Crippen LogP contribution is 2.23. The lowest BCUT2D eigenvalue weighted by atomic mass is 9.95. The van der Waals surface area contributed by atoms with Gasteiger partial charge in [0.25, 0.3) is 0 Å². The Kier molecular flexibility index (Phi) is 3.52. The molecule has 74 valence electrons. The van der Waals surface area contributed by atoms with Gasteiger partial charge in [-0.2, -0.15) is 0 Å². The molecule has 1 rings (SSSR count). The Labute approximate surface area is 80.0 Å². The number of carbonyl (C=O) groups is 1. The van der Waals surface area contributed by atoms with Crippen molar-refractivity contribution in [2.75, 3.05) is 0 Å². The lowest BCUT2D eigenvalue weighted by Gasteiger charge is -2.26. The second-order valence-corrected chi connectivity index (χ2v) is 3.79. The van der Waals surface area contributed by atoms with Gasteiger partial charge in [0, 0.05) is 11.5 Å². The SMILES string of the molecule is CCCC[C@@H]1OC(=O)C(C)=C[C@H]1C. The lowest BCUT2D eigenvalue weighted by molar-refractivity contribution is -0.148. The van der Waals surface area contributed by atoms with Gasteiger partial charge >= 0.3 is 5.97 Å². The van der Waals surface area contributed by atoms with Crippen LogP contribution in [0.2, 0.25) is 0 Å². The normalized spacial score (nSPS) is 28.2. The zero-order valence-electron chi connectivity index (χ0n) is 8.67. The van der Waals surface area contributed by atoms with E-state index in [2.05, 4.69) is 13.8 Å². The summed E-state index contributed by atoms with van der Waals surface area (Å²) in [6, 6.07) is 0. The number of rotatable bonds is 3. The van der Waals surface area contributed by atoms with E-state index in [1.165, 1.54) is 0 Å². The Balaban J connectivity index is 2.54. The maximum Gasteiger partial charge on any atom is 0.333 e. The van der Waals surface area contributed by atoms with Crippen molar-refractivity contribution in [3.63, 3.8) is 0 Å². The van der Waals surface area contributed by atoms with Crippen molar-refractivity contribution in [3.05, 3.63) is 11.6 Å². The van der Waals surface area contributed by atoms with Gasteiger partial charge in [-0.25, -0.2) is 4.79 Å². The maximum absolute atomic E-state index is 11.2. The molecule has 0 aromatic heterocycles. The van der Waals surface area contributed by atoms with Gasteiger partial charge in [0.2, 0.25) is 0 Å². The number of hydrogen-bond donors (Lipinski definition) is 0. The average molecular weight is 182 g/mol. The van der Waals surface area contributed by atoms with Crippen molar-refractivity contribution in [2.45, 2.75) is 46.1 Å². The Morgan fingerprint density at radius 1 is 1.54 bits per heavy atom. The monoisotopic (exact) mass is 182 g/mol. The molecule has 2 nitrogen and oxygen atoms in total. The molecular formula is C11H18O2. The highest BCUT2D eigenvalue weighted by atomic mass is 16.5. The first-order valence-corrected chi connectivity index (χ1v) is 5.04. The molecule has 2 atom stereocenters. The van der Waals surface area contributed by atoms with E-state index in [0.717, 1.165) is 24.8 Å². The summed E-state index contributed by atoms with van der Waals surface area (Å²) < 4.78 is 5.31. The van der Waals surface area contributed by atoms with Crippen LogP contribution in [-0.2, 0) is 9.53 Å². The largest absolute Gasteiger partial charge is 0.458 e. The zero-order valence-corrected chi connectivity index (χ0v) is 8.67. The molecule has 0 amide bonds. The Bertz CT molecular complexity index is 218. The molecule has 13 heavy (non-hydrogen) atoms. The van der Waals surface area contributed by atoms with Crippen molar-refractivity contribution in [2.24, 2.45) is 5.92 Å². The molecule has 0 aliphatic carbocycles. The number of unbranched alkanes of at least 4 members (excludes halogenated alkanes) is 1. The van der Waals surface area contributed by atoms with Gasteiger partial charge in [-0.1, -0.05) is 32.8 Å². The number of hydrogen-bond acceptors (Lipinski definition) is 2. The van der Waals surface area contributed by atoms with Gasteiger partial charge in [-0.3, -0.25) is 0 Å². The molecule has 0 radical (unpaired) electrons. The molecule has 0 saturated carbocycles. The Morgan fingerprint density at radius 3 is 2.85 bits per heavy atom. The zero-order chi connectivity index (χ0) is 9.84. The van der Waals surface area contributed by atoms with Crippen molar-refractivity contribution in [3.8, 4) is 0 Å². The lowest BCUT2D eigenvalue weighted by Crippen LogP contribution is -2.29. The van der Waals surface area contributed by atoms with Crippen LogP contribution in [0.4, 0.5) is 0 Å². The van der Waals surface area contributed by atoms with Crippen molar-refractivity contribution >= 4 is 5.97 Å². The molecular weight excluding hydrogens is 164 g/mol. The van der Waals surface area contributed by atoms with Gasteiger partial charge in [0.05, 0.1) is 0 Å². The molecule has 1 aliphatic rings. The Hall–Kier alpha value is -0.790. The third-order valence-electron chi connectivity index (χ3n) is 2.52. The van der Waals surface area contributed by atoms with Gasteiger partial charge < -0.3 is 4.74 Å². The predicted octanol–water partition coefficient (Wildman–Crippen LogP) is 2.68. The van der Waals surface area contributed by atoms with Crippen LogP contribution in [0.25, 0.3) is 0 Å². The van der Waals surface area contributed by atoms with E-state index in [0.29, 0.717) is 5.92 Å². The van der Waals surface area contributed by atoms with E-state index in [-0.39, 0.29) is 12.1 Å². The molecule has 0 fully saturated rings. The van der Waals surface area contributed by atoms with E-state index in [1.54, 1.807) is 0 Å². The van der Waals surface area contributed by atoms with Gasteiger partial charge in [-0.05, 0) is 13.3 Å². The second kappa shape index (κ2) is 4.45. The van der Waals surface area contributed by atoms with E-state index in [4.69, 9.17) is 4.74 Å². The van der Waals surface area contributed by atoms with E-state index in [1.807, 2.05) is 13.0 Å².